The molecule has 2 aromatic carbocycles. The third-order valence-electron chi connectivity index (χ3n) is 2.75. The SMILES string of the molecule is O=C(NNC(=O)c1ccccc1F)c1ccc([N+](=O)[O-])cc1. The van der Waals surface area contributed by atoms with E-state index in [1.807, 2.05) is 0 Å². The van der Waals surface area contributed by atoms with Crippen molar-refractivity contribution in [2.45, 2.75) is 0 Å². The van der Waals surface area contributed by atoms with E-state index >= 15 is 0 Å². The molecule has 0 aliphatic carbocycles. The van der Waals surface area contributed by atoms with E-state index in [-0.39, 0.29) is 16.8 Å². The van der Waals surface area contributed by atoms with Gasteiger partial charge in [0.05, 0.1) is 10.5 Å². The molecule has 0 saturated carbocycles. The Balaban J connectivity index is 1.99. The van der Waals surface area contributed by atoms with Crippen LogP contribution < -0.4 is 10.9 Å². The fourth-order valence-electron chi connectivity index (χ4n) is 1.63. The van der Waals surface area contributed by atoms with Gasteiger partial charge in [-0.15, -0.1) is 0 Å². The number of hydrazine groups is 1. The number of rotatable bonds is 3. The molecule has 0 aromatic heterocycles. The van der Waals surface area contributed by atoms with E-state index in [1.165, 1.54) is 30.3 Å². The van der Waals surface area contributed by atoms with Crippen LogP contribution in [-0.4, -0.2) is 16.7 Å². The van der Waals surface area contributed by atoms with Crippen LogP contribution in [0.25, 0.3) is 0 Å². The third-order valence-corrected chi connectivity index (χ3v) is 2.75. The first-order valence-corrected chi connectivity index (χ1v) is 6.08. The van der Waals surface area contributed by atoms with E-state index in [4.69, 9.17) is 0 Å². The number of hydrogen-bond acceptors (Lipinski definition) is 4. The average molecular weight is 303 g/mol. The van der Waals surface area contributed by atoms with Gasteiger partial charge in [-0.3, -0.25) is 30.6 Å². The Bertz CT molecular complexity index is 731. The summed E-state index contributed by atoms with van der Waals surface area (Å²) in [6.45, 7) is 0. The summed E-state index contributed by atoms with van der Waals surface area (Å²) in [4.78, 5) is 33.3. The first kappa shape index (κ1) is 15.1. The summed E-state index contributed by atoms with van der Waals surface area (Å²) in [5.41, 5.74) is 3.90. The normalized spacial score (nSPS) is 9.86. The minimum absolute atomic E-state index is 0.111. The molecule has 0 atom stereocenters. The average Bonchev–Trinajstić information content (AvgIpc) is 2.52. The predicted molar refractivity (Wildman–Crippen MR) is 74.4 cm³/mol. The van der Waals surface area contributed by atoms with Crippen LogP contribution in [-0.2, 0) is 0 Å². The lowest BCUT2D eigenvalue weighted by Gasteiger charge is -2.07. The van der Waals surface area contributed by atoms with Crippen molar-refractivity contribution in [3.8, 4) is 0 Å². The summed E-state index contributed by atoms with van der Waals surface area (Å²) in [6, 6.07) is 10.1. The van der Waals surface area contributed by atoms with Crippen LogP contribution in [0.2, 0.25) is 0 Å². The van der Waals surface area contributed by atoms with Gasteiger partial charge >= 0.3 is 0 Å². The summed E-state index contributed by atoms with van der Waals surface area (Å²) in [6.07, 6.45) is 0. The highest BCUT2D eigenvalue weighted by Gasteiger charge is 2.13. The molecule has 0 heterocycles. The van der Waals surface area contributed by atoms with Gasteiger partial charge in [0.25, 0.3) is 17.5 Å². The Kier molecular flexibility index (Phi) is 4.42. The maximum atomic E-state index is 13.4. The molecule has 2 aromatic rings. The second-order valence-corrected chi connectivity index (χ2v) is 4.19. The van der Waals surface area contributed by atoms with Gasteiger partial charge in [0.1, 0.15) is 5.82 Å². The van der Waals surface area contributed by atoms with Gasteiger partial charge in [-0.05, 0) is 24.3 Å². The fraction of sp³-hybridized carbons (Fsp3) is 0. The van der Waals surface area contributed by atoms with Crippen molar-refractivity contribution in [1.29, 1.82) is 0 Å². The summed E-state index contributed by atoms with van der Waals surface area (Å²) in [5, 5.41) is 10.5. The van der Waals surface area contributed by atoms with Crippen LogP contribution >= 0.6 is 0 Å². The van der Waals surface area contributed by atoms with E-state index in [2.05, 4.69) is 10.9 Å². The van der Waals surface area contributed by atoms with Gasteiger partial charge in [0.15, 0.2) is 0 Å². The molecule has 0 fully saturated rings. The van der Waals surface area contributed by atoms with Gasteiger partial charge in [-0.25, -0.2) is 4.39 Å². The molecule has 112 valence electrons. The van der Waals surface area contributed by atoms with Crippen LogP contribution in [0, 0.1) is 15.9 Å². The van der Waals surface area contributed by atoms with Crippen molar-refractivity contribution < 1.29 is 18.9 Å². The third kappa shape index (κ3) is 3.42. The number of nitro benzene ring substituents is 1. The molecule has 22 heavy (non-hydrogen) atoms. The van der Waals surface area contributed by atoms with E-state index < -0.39 is 22.6 Å². The zero-order valence-corrected chi connectivity index (χ0v) is 11.1. The number of carbonyl (C=O) groups is 2. The first-order chi connectivity index (χ1) is 10.5. The zero-order valence-electron chi connectivity index (χ0n) is 11.1. The summed E-state index contributed by atoms with van der Waals surface area (Å²) in [5.74, 6) is -2.21. The number of nitro groups is 1. The molecule has 0 radical (unpaired) electrons. The van der Waals surface area contributed by atoms with Crippen molar-refractivity contribution in [2.75, 3.05) is 0 Å². The molecule has 0 unspecified atom stereocenters. The minimum Gasteiger partial charge on any atom is -0.267 e. The first-order valence-electron chi connectivity index (χ1n) is 6.08. The highest BCUT2D eigenvalue weighted by molar-refractivity contribution is 5.99. The monoisotopic (exact) mass is 303 g/mol. The van der Waals surface area contributed by atoms with Crippen molar-refractivity contribution >= 4 is 17.5 Å². The molecular formula is C14H10FN3O4. The lowest BCUT2D eigenvalue weighted by molar-refractivity contribution is -0.384. The largest absolute Gasteiger partial charge is 0.272 e. The maximum Gasteiger partial charge on any atom is 0.272 e. The van der Waals surface area contributed by atoms with Crippen molar-refractivity contribution in [2.24, 2.45) is 0 Å². The number of nitrogens with one attached hydrogen (secondary N) is 2. The summed E-state index contributed by atoms with van der Waals surface area (Å²) >= 11 is 0. The number of nitrogens with zero attached hydrogens (tertiary/aromatic N) is 1. The van der Waals surface area contributed by atoms with Gasteiger partial charge in [0.2, 0.25) is 0 Å². The molecule has 0 spiro atoms. The Labute approximate surface area is 123 Å². The van der Waals surface area contributed by atoms with Crippen LogP contribution in [0.15, 0.2) is 48.5 Å². The highest BCUT2D eigenvalue weighted by atomic mass is 19.1. The van der Waals surface area contributed by atoms with Crippen molar-refractivity contribution in [1.82, 2.24) is 10.9 Å². The standard InChI is InChI=1S/C14H10FN3O4/c15-12-4-2-1-3-11(12)14(20)17-16-13(19)9-5-7-10(8-6-9)18(21)22/h1-8H,(H,16,19)(H,17,20). The smallest absolute Gasteiger partial charge is 0.267 e. The molecule has 2 N–H and O–H groups in total. The lowest BCUT2D eigenvalue weighted by atomic mass is 10.2. The van der Waals surface area contributed by atoms with Crippen LogP contribution in [0.4, 0.5) is 10.1 Å². The number of benzene rings is 2. The molecule has 7 nitrogen and oxygen atoms in total. The van der Waals surface area contributed by atoms with E-state index in [0.717, 1.165) is 18.2 Å². The number of non-ortho nitro benzene ring substituents is 1. The maximum absolute atomic E-state index is 13.4. The summed E-state index contributed by atoms with van der Waals surface area (Å²) in [7, 11) is 0. The zero-order chi connectivity index (χ0) is 16.1. The van der Waals surface area contributed by atoms with Crippen molar-refractivity contribution in [3.63, 3.8) is 0 Å². The molecule has 0 aliphatic rings. The fourth-order valence-corrected chi connectivity index (χ4v) is 1.63. The Morgan fingerprint density at radius 3 is 2.14 bits per heavy atom. The Hall–Kier alpha value is -3.29. The Morgan fingerprint density at radius 1 is 0.955 bits per heavy atom. The van der Waals surface area contributed by atoms with Gasteiger partial charge < -0.3 is 0 Å². The summed E-state index contributed by atoms with van der Waals surface area (Å²) < 4.78 is 13.4. The van der Waals surface area contributed by atoms with Gasteiger partial charge in [-0.1, -0.05) is 12.1 Å². The van der Waals surface area contributed by atoms with E-state index in [1.54, 1.807) is 0 Å². The Morgan fingerprint density at radius 2 is 1.55 bits per heavy atom. The molecule has 2 rings (SSSR count). The molecule has 0 bridgehead atoms. The van der Waals surface area contributed by atoms with Crippen LogP contribution in [0.1, 0.15) is 20.7 Å². The van der Waals surface area contributed by atoms with Gasteiger partial charge in [-0.2, -0.15) is 0 Å². The highest BCUT2D eigenvalue weighted by Crippen LogP contribution is 2.11. The van der Waals surface area contributed by atoms with Gasteiger partial charge in [0, 0.05) is 17.7 Å². The molecule has 0 saturated heterocycles. The molecule has 2 amide bonds. The second-order valence-electron chi connectivity index (χ2n) is 4.19. The second kappa shape index (κ2) is 6.44. The molecular weight excluding hydrogens is 293 g/mol. The predicted octanol–water partition coefficient (Wildman–Crippen LogP) is 1.81. The number of carbonyl (C=O) groups excluding carboxylic acids is 2. The van der Waals surface area contributed by atoms with Crippen LogP contribution in [0.3, 0.4) is 0 Å². The van der Waals surface area contributed by atoms with E-state index in [9.17, 15) is 24.1 Å². The lowest BCUT2D eigenvalue weighted by Crippen LogP contribution is -2.41. The topological polar surface area (TPSA) is 101 Å². The number of halogens is 1. The quantitative estimate of drug-likeness (QED) is 0.667. The van der Waals surface area contributed by atoms with E-state index in [0.29, 0.717) is 0 Å². The molecule has 0 aliphatic heterocycles. The van der Waals surface area contributed by atoms with Crippen LogP contribution in [0.5, 0.6) is 0 Å². The minimum atomic E-state index is -0.812. The van der Waals surface area contributed by atoms with Crippen molar-refractivity contribution in [3.05, 3.63) is 75.6 Å². The number of amides is 2. The number of hydrogen-bond donors (Lipinski definition) is 2. The molecule has 8 heteroatoms.